The van der Waals surface area contributed by atoms with Crippen molar-refractivity contribution in [3.8, 4) is 0 Å². The molecule has 92 valence electrons. The van der Waals surface area contributed by atoms with E-state index < -0.39 is 5.54 Å². The Kier molecular flexibility index (Phi) is 3.43. The van der Waals surface area contributed by atoms with Gasteiger partial charge in [0.15, 0.2) is 0 Å². The number of hydrogen-bond donors (Lipinski definition) is 2. The lowest BCUT2D eigenvalue weighted by Gasteiger charge is -2.25. The summed E-state index contributed by atoms with van der Waals surface area (Å²) in [5.74, 6) is -0.540. The molecule has 0 aliphatic carbocycles. The predicted molar refractivity (Wildman–Crippen MR) is 63.9 cm³/mol. The van der Waals surface area contributed by atoms with Crippen molar-refractivity contribution in [3.63, 3.8) is 0 Å². The highest BCUT2D eigenvalue weighted by Crippen LogP contribution is 2.24. The van der Waals surface area contributed by atoms with E-state index >= 15 is 0 Å². The van der Waals surface area contributed by atoms with E-state index in [-0.39, 0.29) is 11.7 Å². The number of halogens is 1. The fourth-order valence-corrected chi connectivity index (χ4v) is 2.40. The smallest absolute Gasteiger partial charge is 0.237 e. The lowest BCUT2D eigenvalue weighted by atomic mass is 9.89. The molecule has 0 radical (unpaired) electrons. The number of rotatable bonds is 4. The van der Waals surface area contributed by atoms with Gasteiger partial charge in [0.1, 0.15) is 5.82 Å². The maximum Gasteiger partial charge on any atom is 0.237 e. The minimum absolute atomic E-state index is 0.241. The molecule has 0 aromatic heterocycles. The first-order chi connectivity index (χ1) is 8.12. The van der Waals surface area contributed by atoms with E-state index in [0.717, 1.165) is 24.9 Å². The molecule has 1 aliphatic heterocycles. The molecule has 3 nitrogen and oxygen atoms in total. The second-order valence-corrected chi connectivity index (χ2v) is 4.61. The Bertz CT molecular complexity index is 414. The van der Waals surface area contributed by atoms with Gasteiger partial charge in [-0.05, 0) is 49.9 Å². The molecule has 1 atom stereocenters. The minimum atomic E-state index is -0.591. The molecule has 4 heteroatoms. The lowest BCUT2D eigenvalue weighted by Crippen LogP contribution is -2.51. The van der Waals surface area contributed by atoms with Crippen molar-refractivity contribution >= 4 is 5.91 Å². The summed E-state index contributed by atoms with van der Waals surface area (Å²) in [7, 11) is 0. The van der Waals surface area contributed by atoms with Crippen molar-refractivity contribution in [3.05, 3.63) is 35.6 Å². The number of nitrogens with one attached hydrogen (secondary N) is 1. The van der Waals surface area contributed by atoms with Gasteiger partial charge in [-0.2, -0.15) is 0 Å². The molecule has 1 amide bonds. The molecule has 2 rings (SSSR count). The van der Waals surface area contributed by atoms with Gasteiger partial charge in [-0.1, -0.05) is 12.1 Å². The molecule has 17 heavy (non-hydrogen) atoms. The van der Waals surface area contributed by atoms with Crippen LogP contribution in [0.3, 0.4) is 0 Å². The van der Waals surface area contributed by atoms with Crippen LogP contribution < -0.4 is 11.1 Å². The average Bonchev–Trinajstić information content (AvgIpc) is 2.76. The fraction of sp³-hybridized carbons (Fsp3) is 0.462. The van der Waals surface area contributed by atoms with E-state index in [2.05, 4.69) is 5.32 Å². The first kappa shape index (κ1) is 12.0. The van der Waals surface area contributed by atoms with Crippen LogP contribution in [0.1, 0.15) is 24.8 Å². The van der Waals surface area contributed by atoms with E-state index in [9.17, 15) is 9.18 Å². The van der Waals surface area contributed by atoms with E-state index in [4.69, 9.17) is 5.73 Å². The number of carbonyl (C=O) groups excluding carboxylic acids is 1. The molecule has 1 aromatic carbocycles. The third-order valence-electron chi connectivity index (χ3n) is 3.44. The Morgan fingerprint density at radius 1 is 1.53 bits per heavy atom. The Morgan fingerprint density at radius 3 is 2.94 bits per heavy atom. The molecule has 3 N–H and O–H groups in total. The summed E-state index contributed by atoms with van der Waals surface area (Å²) < 4.78 is 13.0. The Morgan fingerprint density at radius 2 is 2.35 bits per heavy atom. The van der Waals surface area contributed by atoms with Crippen LogP contribution in [-0.4, -0.2) is 18.0 Å². The number of benzene rings is 1. The maximum atomic E-state index is 13.0. The summed E-state index contributed by atoms with van der Waals surface area (Å²) in [5.41, 5.74) is 5.76. The predicted octanol–water partition coefficient (Wildman–Crippen LogP) is 1.37. The SMILES string of the molecule is NC(=O)C1(CCc2cccc(F)c2)CCCN1. The van der Waals surface area contributed by atoms with Crippen LogP contribution in [0.15, 0.2) is 24.3 Å². The van der Waals surface area contributed by atoms with Crippen LogP contribution in [0.5, 0.6) is 0 Å². The number of primary amides is 1. The molecule has 1 unspecified atom stereocenters. The second kappa shape index (κ2) is 4.84. The number of aryl methyl sites for hydroxylation is 1. The van der Waals surface area contributed by atoms with Gasteiger partial charge in [0.05, 0.1) is 5.54 Å². The van der Waals surface area contributed by atoms with Gasteiger partial charge in [0.25, 0.3) is 0 Å². The third kappa shape index (κ3) is 2.64. The molecule has 0 bridgehead atoms. The van der Waals surface area contributed by atoms with Gasteiger partial charge in [-0.15, -0.1) is 0 Å². The number of hydrogen-bond acceptors (Lipinski definition) is 2. The molecule has 1 aromatic rings. The van der Waals surface area contributed by atoms with Gasteiger partial charge in [-0.3, -0.25) is 4.79 Å². The highest BCUT2D eigenvalue weighted by molar-refractivity contribution is 5.85. The normalized spacial score (nSPS) is 23.8. The summed E-state index contributed by atoms with van der Waals surface area (Å²) in [6.07, 6.45) is 3.03. The van der Waals surface area contributed by atoms with Crippen LogP contribution in [0.2, 0.25) is 0 Å². The Labute approximate surface area is 100 Å². The van der Waals surface area contributed by atoms with Crippen LogP contribution in [0, 0.1) is 5.82 Å². The summed E-state index contributed by atoms with van der Waals surface area (Å²) in [6.45, 7) is 0.825. The standard InChI is InChI=1S/C13H17FN2O/c14-11-4-1-3-10(9-11)5-7-13(12(15)17)6-2-8-16-13/h1,3-4,9,16H,2,5-8H2,(H2,15,17). The van der Waals surface area contributed by atoms with Gasteiger partial charge < -0.3 is 11.1 Å². The molecule has 0 saturated carbocycles. The van der Waals surface area contributed by atoms with Crippen molar-refractivity contribution in [2.24, 2.45) is 5.73 Å². The van der Waals surface area contributed by atoms with Crippen molar-refractivity contribution in [2.75, 3.05) is 6.54 Å². The topological polar surface area (TPSA) is 55.1 Å². The molecular weight excluding hydrogens is 219 g/mol. The summed E-state index contributed by atoms with van der Waals surface area (Å²) >= 11 is 0. The van der Waals surface area contributed by atoms with E-state index in [1.165, 1.54) is 12.1 Å². The van der Waals surface area contributed by atoms with Gasteiger partial charge >= 0.3 is 0 Å². The van der Waals surface area contributed by atoms with Crippen LogP contribution in [0.4, 0.5) is 4.39 Å². The second-order valence-electron chi connectivity index (χ2n) is 4.61. The minimum Gasteiger partial charge on any atom is -0.368 e. The zero-order valence-corrected chi connectivity index (χ0v) is 9.71. The van der Waals surface area contributed by atoms with E-state index in [1.54, 1.807) is 6.07 Å². The quantitative estimate of drug-likeness (QED) is 0.829. The average molecular weight is 236 g/mol. The van der Waals surface area contributed by atoms with Crippen molar-refractivity contribution in [1.29, 1.82) is 0 Å². The highest BCUT2D eigenvalue weighted by atomic mass is 19.1. The molecule has 1 heterocycles. The Hall–Kier alpha value is -1.42. The maximum absolute atomic E-state index is 13.0. The van der Waals surface area contributed by atoms with Gasteiger partial charge in [0, 0.05) is 0 Å². The van der Waals surface area contributed by atoms with Crippen molar-refractivity contribution in [1.82, 2.24) is 5.32 Å². The molecule has 1 aliphatic rings. The first-order valence-corrected chi connectivity index (χ1v) is 5.92. The number of amides is 1. The summed E-state index contributed by atoms with van der Waals surface area (Å²) in [5, 5.41) is 3.19. The van der Waals surface area contributed by atoms with Gasteiger partial charge in [0.2, 0.25) is 5.91 Å². The molecule has 1 fully saturated rings. The van der Waals surface area contributed by atoms with Crippen LogP contribution in [0.25, 0.3) is 0 Å². The zero-order valence-electron chi connectivity index (χ0n) is 9.71. The molecular formula is C13H17FN2O. The molecule has 1 saturated heterocycles. The lowest BCUT2D eigenvalue weighted by molar-refractivity contribution is -0.124. The third-order valence-corrected chi connectivity index (χ3v) is 3.44. The number of carbonyl (C=O) groups is 1. The zero-order chi connectivity index (χ0) is 12.3. The van der Waals surface area contributed by atoms with Gasteiger partial charge in [-0.25, -0.2) is 4.39 Å². The molecule has 0 spiro atoms. The summed E-state index contributed by atoms with van der Waals surface area (Å²) in [6, 6.07) is 6.47. The van der Waals surface area contributed by atoms with E-state index in [1.807, 2.05) is 6.07 Å². The highest BCUT2D eigenvalue weighted by Gasteiger charge is 2.38. The number of nitrogens with two attached hydrogens (primary N) is 1. The van der Waals surface area contributed by atoms with Crippen molar-refractivity contribution < 1.29 is 9.18 Å². The van der Waals surface area contributed by atoms with Crippen LogP contribution in [-0.2, 0) is 11.2 Å². The monoisotopic (exact) mass is 236 g/mol. The summed E-state index contributed by atoms with van der Waals surface area (Å²) in [4.78, 5) is 11.5. The Balaban J connectivity index is 2.03. The largest absolute Gasteiger partial charge is 0.368 e. The van der Waals surface area contributed by atoms with E-state index in [0.29, 0.717) is 12.8 Å². The first-order valence-electron chi connectivity index (χ1n) is 5.92. The fourth-order valence-electron chi connectivity index (χ4n) is 2.40. The van der Waals surface area contributed by atoms with Crippen molar-refractivity contribution in [2.45, 2.75) is 31.2 Å². The van der Waals surface area contributed by atoms with Crippen LogP contribution >= 0.6 is 0 Å².